The van der Waals surface area contributed by atoms with Crippen LogP contribution in [0.25, 0.3) is 0 Å². The highest BCUT2D eigenvalue weighted by Gasteiger charge is 2.29. The molecule has 7 heteroatoms. The van der Waals surface area contributed by atoms with Crippen LogP contribution < -0.4 is 0 Å². The van der Waals surface area contributed by atoms with Crippen LogP contribution in [0.5, 0.6) is 0 Å². The van der Waals surface area contributed by atoms with E-state index in [4.69, 9.17) is 0 Å². The molecule has 0 N–H and O–H groups in total. The normalized spacial score (nSPS) is 23.6. The largest absolute Gasteiger partial charge is 0.294 e. The molecule has 20 heavy (non-hydrogen) atoms. The molecule has 0 amide bonds. The van der Waals surface area contributed by atoms with E-state index in [1.807, 2.05) is 6.20 Å². The first-order valence-electron chi connectivity index (χ1n) is 7.02. The van der Waals surface area contributed by atoms with Crippen LogP contribution in [0.4, 0.5) is 0 Å². The van der Waals surface area contributed by atoms with E-state index < -0.39 is 0 Å². The van der Waals surface area contributed by atoms with Crippen LogP contribution in [0.3, 0.4) is 0 Å². The lowest BCUT2D eigenvalue weighted by Crippen LogP contribution is -2.21. The second-order valence-corrected chi connectivity index (χ2v) is 7.63. The minimum absolute atomic E-state index is 0.483. The smallest absolute Gasteiger partial charge is 0.131 e. The van der Waals surface area contributed by atoms with E-state index in [2.05, 4.69) is 47.0 Å². The second kappa shape index (κ2) is 5.20. The average molecular weight is 354 g/mol. The number of hydrogen-bond donors (Lipinski definition) is 0. The summed E-state index contributed by atoms with van der Waals surface area (Å²) >= 11 is 5.25. The minimum Gasteiger partial charge on any atom is -0.294 e. The van der Waals surface area contributed by atoms with Gasteiger partial charge in [0.2, 0.25) is 0 Å². The molecular formula is C13H16BrN5S. The lowest BCUT2D eigenvalue weighted by molar-refractivity contribution is 0.310. The van der Waals surface area contributed by atoms with Crippen LogP contribution in [-0.2, 0) is 6.54 Å². The van der Waals surface area contributed by atoms with Gasteiger partial charge in [0.1, 0.15) is 10.0 Å². The third-order valence-electron chi connectivity index (χ3n) is 3.96. The quantitative estimate of drug-likeness (QED) is 0.847. The van der Waals surface area contributed by atoms with Crippen molar-refractivity contribution in [2.45, 2.75) is 37.8 Å². The van der Waals surface area contributed by atoms with Crippen molar-refractivity contribution in [3.8, 4) is 0 Å². The molecule has 2 aliphatic rings. The molecule has 5 nitrogen and oxygen atoms in total. The van der Waals surface area contributed by atoms with E-state index in [1.54, 1.807) is 11.3 Å². The van der Waals surface area contributed by atoms with Crippen molar-refractivity contribution in [1.82, 2.24) is 24.9 Å². The molecule has 1 atom stereocenters. The summed E-state index contributed by atoms with van der Waals surface area (Å²) in [6.07, 6.45) is 7.67. The predicted molar refractivity (Wildman–Crippen MR) is 80.7 cm³/mol. The fraction of sp³-hybridized carbons (Fsp3) is 0.615. The summed E-state index contributed by atoms with van der Waals surface area (Å²) in [6.45, 7) is 3.09. The number of hydrogen-bond acceptors (Lipinski definition) is 5. The van der Waals surface area contributed by atoms with Gasteiger partial charge in [-0.05, 0) is 35.2 Å². The number of rotatable bonds is 4. The van der Waals surface area contributed by atoms with Gasteiger partial charge in [-0.1, -0.05) is 11.3 Å². The van der Waals surface area contributed by atoms with Gasteiger partial charge in [0.25, 0.3) is 0 Å². The summed E-state index contributed by atoms with van der Waals surface area (Å²) in [6, 6.07) is 0.483. The minimum atomic E-state index is 0.483. The zero-order valence-corrected chi connectivity index (χ0v) is 13.5. The van der Waals surface area contributed by atoms with Gasteiger partial charge in [0, 0.05) is 25.2 Å². The van der Waals surface area contributed by atoms with E-state index in [0.29, 0.717) is 12.0 Å². The van der Waals surface area contributed by atoms with Gasteiger partial charge in [-0.15, -0.1) is 10.2 Å². The van der Waals surface area contributed by atoms with Crippen LogP contribution in [0.1, 0.15) is 41.2 Å². The molecule has 1 saturated heterocycles. The zero-order chi connectivity index (χ0) is 13.5. The molecular weight excluding hydrogens is 338 g/mol. The van der Waals surface area contributed by atoms with Crippen LogP contribution >= 0.6 is 27.3 Å². The predicted octanol–water partition coefficient (Wildman–Crippen LogP) is 2.82. The third-order valence-corrected chi connectivity index (χ3v) is 5.44. The summed E-state index contributed by atoms with van der Waals surface area (Å²) in [5.41, 5.74) is 0. The molecule has 0 bridgehead atoms. The molecule has 1 saturated carbocycles. The maximum absolute atomic E-state index is 4.39. The molecule has 0 aromatic carbocycles. The first-order valence-corrected chi connectivity index (χ1v) is 8.63. The fourth-order valence-electron chi connectivity index (χ4n) is 2.70. The topological polar surface area (TPSA) is 46.8 Å². The van der Waals surface area contributed by atoms with E-state index >= 15 is 0 Å². The standard InChI is InChI=1S/C13H16BrN5S/c14-10-5-15-19(6-10)11-3-4-18(7-11)8-12-16-17-13(20-12)9-1-2-9/h5-6,9,11H,1-4,7-8H2. The van der Waals surface area contributed by atoms with Crippen molar-refractivity contribution in [3.05, 3.63) is 26.9 Å². The molecule has 4 rings (SSSR count). The Hall–Kier alpha value is -0.790. The molecule has 2 aromatic rings. The first kappa shape index (κ1) is 12.9. The lowest BCUT2D eigenvalue weighted by Gasteiger charge is -2.14. The summed E-state index contributed by atoms with van der Waals surface area (Å²) < 4.78 is 3.12. The van der Waals surface area contributed by atoms with E-state index in [0.717, 1.165) is 35.5 Å². The van der Waals surface area contributed by atoms with Crippen molar-refractivity contribution in [1.29, 1.82) is 0 Å². The van der Waals surface area contributed by atoms with E-state index in [-0.39, 0.29) is 0 Å². The Balaban J connectivity index is 1.38. The number of nitrogens with zero attached hydrogens (tertiary/aromatic N) is 5. The molecule has 0 spiro atoms. The van der Waals surface area contributed by atoms with Gasteiger partial charge in [-0.2, -0.15) is 5.10 Å². The highest BCUT2D eigenvalue weighted by molar-refractivity contribution is 9.10. The molecule has 1 aliphatic heterocycles. The Labute approximate surface area is 130 Å². The summed E-state index contributed by atoms with van der Waals surface area (Å²) in [5, 5.41) is 15.5. The van der Waals surface area contributed by atoms with Crippen LogP contribution in [0, 0.1) is 0 Å². The molecule has 2 aromatic heterocycles. The van der Waals surface area contributed by atoms with Gasteiger partial charge in [-0.25, -0.2) is 0 Å². The van der Waals surface area contributed by atoms with Crippen molar-refractivity contribution in [2.75, 3.05) is 13.1 Å². The Morgan fingerprint density at radius 2 is 2.20 bits per heavy atom. The van der Waals surface area contributed by atoms with E-state index in [1.165, 1.54) is 17.8 Å². The average Bonchev–Trinajstić information content (AvgIpc) is 2.86. The first-order chi connectivity index (χ1) is 9.78. The summed E-state index contributed by atoms with van der Waals surface area (Å²) in [4.78, 5) is 2.46. The SMILES string of the molecule is Brc1cnn(C2CCN(Cc3nnc(C4CC4)s3)C2)c1. The highest BCUT2D eigenvalue weighted by atomic mass is 79.9. The molecule has 1 unspecified atom stereocenters. The molecule has 106 valence electrons. The van der Waals surface area contributed by atoms with Crippen LogP contribution in [0.2, 0.25) is 0 Å². The van der Waals surface area contributed by atoms with Crippen LogP contribution in [0.15, 0.2) is 16.9 Å². The number of aromatic nitrogens is 4. The molecule has 0 radical (unpaired) electrons. The molecule has 2 fully saturated rings. The highest BCUT2D eigenvalue weighted by Crippen LogP contribution is 2.41. The molecule has 3 heterocycles. The fourth-order valence-corrected chi connectivity index (χ4v) is 4.06. The van der Waals surface area contributed by atoms with Crippen molar-refractivity contribution in [2.24, 2.45) is 0 Å². The van der Waals surface area contributed by atoms with Gasteiger partial charge in [0.05, 0.1) is 23.3 Å². The van der Waals surface area contributed by atoms with Crippen molar-refractivity contribution in [3.63, 3.8) is 0 Å². The summed E-state index contributed by atoms with van der Waals surface area (Å²) in [7, 11) is 0. The Bertz CT molecular complexity index is 605. The van der Waals surface area contributed by atoms with Crippen LogP contribution in [-0.4, -0.2) is 38.0 Å². The lowest BCUT2D eigenvalue weighted by atomic mass is 10.3. The maximum atomic E-state index is 4.39. The maximum Gasteiger partial charge on any atom is 0.131 e. The Kier molecular flexibility index (Phi) is 3.36. The van der Waals surface area contributed by atoms with Crippen molar-refractivity contribution >= 4 is 27.3 Å². The third kappa shape index (κ3) is 2.66. The van der Waals surface area contributed by atoms with Gasteiger partial charge >= 0.3 is 0 Å². The van der Waals surface area contributed by atoms with Gasteiger partial charge < -0.3 is 0 Å². The van der Waals surface area contributed by atoms with E-state index in [9.17, 15) is 0 Å². The van der Waals surface area contributed by atoms with Gasteiger partial charge in [0.15, 0.2) is 0 Å². The van der Waals surface area contributed by atoms with Crippen molar-refractivity contribution < 1.29 is 0 Å². The second-order valence-electron chi connectivity index (χ2n) is 5.62. The summed E-state index contributed by atoms with van der Waals surface area (Å²) in [5.74, 6) is 0.717. The Morgan fingerprint density at radius 1 is 1.30 bits per heavy atom. The van der Waals surface area contributed by atoms with Gasteiger partial charge in [-0.3, -0.25) is 9.58 Å². The molecule has 1 aliphatic carbocycles. The zero-order valence-electron chi connectivity index (χ0n) is 11.1. The Morgan fingerprint density at radius 3 is 2.95 bits per heavy atom. The monoisotopic (exact) mass is 353 g/mol. The number of halogens is 1. The number of likely N-dealkylation sites (tertiary alicyclic amines) is 1.